The Balaban J connectivity index is 2.30. The maximum absolute atomic E-state index is 11.1. The first kappa shape index (κ1) is 10.3. The van der Waals surface area contributed by atoms with Crippen molar-refractivity contribution >= 4 is 17.0 Å². The fourth-order valence-corrected chi connectivity index (χ4v) is 1.67. The average molecular weight is 241 g/mol. The summed E-state index contributed by atoms with van der Waals surface area (Å²) in [5.41, 5.74) is 1.38. The van der Waals surface area contributed by atoms with Crippen molar-refractivity contribution in [1.29, 1.82) is 0 Å². The van der Waals surface area contributed by atoms with Gasteiger partial charge in [0, 0.05) is 0 Å². The fourth-order valence-electron chi connectivity index (χ4n) is 1.67. The van der Waals surface area contributed by atoms with Gasteiger partial charge in [0.25, 0.3) is 0 Å². The van der Waals surface area contributed by atoms with E-state index in [2.05, 4.69) is 20.5 Å². The van der Waals surface area contributed by atoms with E-state index in [0.717, 1.165) is 0 Å². The normalized spacial score (nSPS) is 10.7. The Bertz CT molecular complexity index is 737. The van der Waals surface area contributed by atoms with E-state index in [-0.39, 0.29) is 11.4 Å². The Kier molecular flexibility index (Phi) is 2.23. The second kappa shape index (κ2) is 3.88. The summed E-state index contributed by atoms with van der Waals surface area (Å²) >= 11 is 0. The van der Waals surface area contributed by atoms with Gasteiger partial charge in [0.15, 0.2) is 5.82 Å². The Morgan fingerprint density at radius 1 is 1.17 bits per heavy atom. The van der Waals surface area contributed by atoms with Gasteiger partial charge in [-0.3, -0.25) is 0 Å². The molecule has 7 heteroatoms. The Labute approximate surface area is 101 Å². The van der Waals surface area contributed by atoms with Gasteiger partial charge >= 0.3 is 5.97 Å². The summed E-state index contributed by atoms with van der Waals surface area (Å²) in [5, 5.41) is 24.5. The summed E-state index contributed by atoms with van der Waals surface area (Å²) in [6, 6.07) is 8.60. The highest BCUT2D eigenvalue weighted by atomic mass is 16.4. The van der Waals surface area contributed by atoms with Gasteiger partial charge < -0.3 is 5.11 Å². The van der Waals surface area contributed by atoms with Crippen LogP contribution in [0, 0.1) is 0 Å². The number of nitrogens with zero attached hydrogens (tertiary/aromatic N) is 5. The molecule has 1 N–H and O–H groups in total. The molecule has 7 nitrogen and oxygen atoms in total. The molecule has 3 rings (SSSR count). The molecule has 0 aliphatic heterocycles. The average Bonchev–Trinajstić information content (AvgIpc) is 2.82. The van der Waals surface area contributed by atoms with Gasteiger partial charge in [0.05, 0.1) is 11.7 Å². The van der Waals surface area contributed by atoms with Crippen LogP contribution in [0.4, 0.5) is 0 Å². The monoisotopic (exact) mass is 241 g/mol. The Morgan fingerprint density at radius 3 is 2.83 bits per heavy atom. The molecule has 0 saturated carbocycles. The topological polar surface area (TPSA) is 93.8 Å². The zero-order valence-electron chi connectivity index (χ0n) is 9.06. The molecule has 2 aromatic heterocycles. The second-order valence-corrected chi connectivity index (χ2v) is 3.56. The van der Waals surface area contributed by atoms with Gasteiger partial charge in [-0.1, -0.05) is 17.3 Å². The summed E-state index contributed by atoms with van der Waals surface area (Å²) in [5.74, 6) is -0.932. The number of hydrogen-bond donors (Lipinski definition) is 1. The van der Waals surface area contributed by atoms with Gasteiger partial charge in [-0.2, -0.15) is 9.78 Å². The molecule has 0 bridgehead atoms. The van der Waals surface area contributed by atoms with Crippen LogP contribution in [0.3, 0.4) is 0 Å². The third-order valence-electron chi connectivity index (χ3n) is 2.48. The Morgan fingerprint density at radius 2 is 2.00 bits per heavy atom. The minimum absolute atomic E-state index is 0.0284. The number of fused-ring (bicyclic) bond motifs is 1. The van der Waals surface area contributed by atoms with Crippen molar-refractivity contribution in [2.45, 2.75) is 0 Å². The molecule has 88 valence electrons. The van der Waals surface area contributed by atoms with E-state index in [0.29, 0.717) is 11.0 Å². The van der Waals surface area contributed by atoms with Crippen molar-refractivity contribution in [3.05, 3.63) is 42.1 Å². The largest absolute Gasteiger partial charge is 0.478 e. The molecule has 0 aliphatic carbocycles. The number of carboxylic acid groups (broad SMARTS) is 1. The zero-order valence-corrected chi connectivity index (χ0v) is 9.06. The molecule has 0 fully saturated rings. The van der Waals surface area contributed by atoms with Crippen LogP contribution in [-0.4, -0.2) is 36.3 Å². The lowest BCUT2D eigenvalue weighted by atomic mass is 10.2. The van der Waals surface area contributed by atoms with Crippen LogP contribution in [0.5, 0.6) is 0 Å². The van der Waals surface area contributed by atoms with Crippen LogP contribution >= 0.6 is 0 Å². The first-order chi connectivity index (χ1) is 8.77. The number of carbonyl (C=O) groups is 1. The predicted molar refractivity (Wildman–Crippen MR) is 61.4 cm³/mol. The molecule has 1 aromatic carbocycles. The number of aromatic carboxylic acids is 1. The quantitative estimate of drug-likeness (QED) is 0.716. The van der Waals surface area contributed by atoms with Crippen LogP contribution in [0.25, 0.3) is 16.9 Å². The van der Waals surface area contributed by atoms with Crippen LogP contribution < -0.4 is 0 Å². The highest BCUT2D eigenvalue weighted by Crippen LogP contribution is 2.16. The maximum Gasteiger partial charge on any atom is 0.339 e. The van der Waals surface area contributed by atoms with E-state index in [4.69, 9.17) is 5.11 Å². The van der Waals surface area contributed by atoms with E-state index < -0.39 is 5.97 Å². The summed E-state index contributed by atoms with van der Waals surface area (Å²) < 4.78 is 1.37. The summed E-state index contributed by atoms with van der Waals surface area (Å²) in [4.78, 5) is 11.1. The number of para-hydroxylation sites is 1. The number of aromatic nitrogens is 5. The molecule has 2 heterocycles. The van der Waals surface area contributed by atoms with Gasteiger partial charge in [-0.25, -0.2) is 4.79 Å². The lowest BCUT2D eigenvalue weighted by molar-refractivity contribution is 0.0696. The van der Waals surface area contributed by atoms with Crippen molar-refractivity contribution in [3.8, 4) is 5.82 Å². The van der Waals surface area contributed by atoms with Crippen molar-refractivity contribution in [2.24, 2.45) is 0 Å². The van der Waals surface area contributed by atoms with Gasteiger partial charge in [-0.15, -0.1) is 10.2 Å². The minimum Gasteiger partial charge on any atom is -0.478 e. The lowest BCUT2D eigenvalue weighted by Gasteiger charge is -2.03. The molecule has 3 aromatic rings. The van der Waals surface area contributed by atoms with E-state index >= 15 is 0 Å². The number of benzene rings is 1. The molecule has 0 aliphatic rings. The fraction of sp³-hybridized carbons (Fsp3) is 0. The first-order valence-corrected chi connectivity index (χ1v) is 5.13. The summed E-state index contributed by atoms with van der Waals surface area (Å²) in [6.07, 6.45) is 1.33. The number of rotatable bonds is 2. The third kappa shape index (κ3) is 1.49. The van der Waals surface area contributed by atoms with Crippen molar-refractivity contribution < 1.29 is 9.90 Å². The van der Waals surface area contributed by atoms with E-state index in [1.807, 2.05) is 12.1 Å². The molecular weight excluding hydrogens is 234 g/mol. The standard InChI is InChI=1S/C11H7N5O2/c17-11(18)7-5-6-12-14-10(7)16-9-4-2-1-3-8(9)13-15-16/h1-6H,(H,17,18). The zero-order chi connectivity index (χ0) is 12.5. The molecule has 0 atom stereocenters. The minimum atomic E-state index is -1.08. The highest BCUT2D eigenvalue weighted by molar-refractivity contribution is 5.91. The highest BCUT2D eigenvalue weighted by Gasteiger charge is 2.16. The van der Waals surface area contributed by atoms with Crippen molar-refractivity contribution in [1.82, 2.24) is 25.2 Å². The SMILES string of the molecule is O=C(O)c1ccnnc1-n1nnc2ccccc21. The number of carboxylic acids is 1. The summed E-state index contributed by atoms with van der Waals surface area (Å²) in [6.45, 7) is 0. The van der Waals surface area contributed by atoms with Crippen LogP contribution in [0.15, 0.2) is 36.5 Å². The van der Waals surface area contributed by atoms with Gasteiger partial charge in [-0.05, 0) is 18.2 Å². The lowest BCUT2D eigenvalue weighted by Crippen LogP contribution is -2.09. The van der Waals surface area contributed by atoms with Crippen LogP contribution in [0.1, 0.15) is 10.4 Å². The molecule has 0 spiro atoms. The molecule has 0 amide bonds. The predicted octanol–water partition coefficient (Wildman–Crippen LogP) is 0.909. The Hall–Kier alpha value is -2.83. The maximum atomic E-state index is 11.1. The first-order valence-electron chi connectivity index (χ1n) is 5.13. The van der Waals surface area contributed by atoms with Crippen LogP contribution in [0.2, 0.25) is 0 Å². The van der Waals surface area contributed by atoms with E-state index in [9.17, 15) is 4.79 Å². The second-order valence-electron chi connectivity index (χ2n) is 3.56. The van der Waals surface area contributed by atoms with Gasteiger partial charge in [0.2, 0.25) is 0 Å². The molecular formula is C11H7N5O2. The van der Waals surface area contributed by atoms with Crippen LogP contribution in [-0.2, 0) is 0 Å². The van der Waals surface area contributed by atoms with Gasteiger partial charge in [0.1, 0.15) is 11.1 Å². The molecule has 0 radical (unpaired) electrons. The van der Waals surface area contributed by atoms with E-state index in [1.54, 1.807) is 12.1 Å². The molecule has 0 unspecified atom stereocenters. The molecule has 18 heavy (non-hydrogen) atoms. The third-order valence-corrected chi connectivity index (χ3v) is 2.48. The van der Waals surface area contributed by atoms with Crippen molar-refractivity contribution in [2.75, 3.05) is 0 Å². The van der Waals surface area contributed by atoms with Crippen molar-refractivity contribution in [3.63, 3.8) is 0 Å². The molecule has 0 saturated heterocycles. The summed E-state index contributed by atoms with van der Waals surface area (Å²) in [7, 11) is 0. The van der Waals surface area contributed by atoms with E-state index in [1.165, 1.54) is 16.9 Å². The smallest absolute Gasteiger partial charge is 0.339 e. The number of hydrogen-bond acceptors (Lipinski definition) is 5.